The Hall–Kier alpha value is -2.47. The minimum absolute atomic E-state index is 0.0147. The maximum Gasteiger partial charge on any atom is 0.243 e. The summed E-state index contributed by atoms with van der Waals surface area (Å²) in [5, 5.41) is 4.61. The van der Waals surface area contributed by atoms with E-state index in [2.05, 4.69) is 5.32 Å². The van der Waals surface area contributed by atoms with Gasteiger partial charge < -0.3 is 10.2 Å². The molecule has 1 N–H and O–H groups in total. The number of hydrogen-bond acceptors (Lipinski definition) is 3. The summed E-state index contributed by atoms with van der Waals surface area (Å²) in [5.41, 5.74) is 1.98. The van der Waals surface area contributed by atoms with Gasteiger partial charge in [0.2, 0.25) is 11.8 Å². The molecule has 1 atom stereocenters. The highest BCUT2D eigenvalue weighted by Crippen LogP contribution is 2.24. The van der Waals surface area contributed by atoms with Crippen molar-refractivity contribution in [2.24, 2.45) is 0 Å². The molecule has 1 unspecified atom stereocenters. The molecule has 0 radical (unpaired) electrons. The van der Waals surface area contributed by atoms with E-state index < -0.39 is 6.04 Å². The molecule has 3 aromatic carbocycles. The van der Waals surface area contributed by atoms with Crippen LogP contribution in [0.4, 0.5) is 0 Å². The number of nitrogens with one attached hydrogen (secondary N) is 1. The Kier molecular flexibility index (Phi) is 11.0. The third-order valence-electron chi connectivity index (χ3n) is 6.86. The number of nitrogens with zero attached hydrogens (tertiary/aromatic N) is 1. The third kappa shape index (κ3) is 8.79. The fourth-order valence-electron chi connectivity index (χ4n) is 4.80. The summed E-state index contributed by atoms with van der Waals surface area (Å²) in [5.74, 6) is 0.720. The highest BCUT2D eigenvalue weighted by Gasteiger charge is 2.31. The van der Waals surface area contributed by atoms with Crippen molar-refractivity contribution in [3.63, 3.8) is 0 Å². The third-order valence-corrected chi connectivity index (χ3v) is 8.46. The van der Waals surface area contributed by atoms with Crippen LogP contribution in [0, 0.1) is 0 Å². The molecule has 1 saturated carbocycles. The largest absolute Gasteiger partial charge is 0.352 e. The average Bonchev–Trinajstić information content (AvgIpc) is 3.44. The van der Waals surface area contributed by atoms with Crippen LogP contribution in [-0.4, -0.2) is 34.6 Å². The van der Waals surface area contributed by atoms with E-state index in [1.165, 1.54) is 0 Å². The van der Waals surface area contributed by atoms with Crippen molar-refractivity contribution in [3.8, 4) is 0 Å². The predicted molar refractivity (Wildman–Crippen MR) is 158 cm³/mol. The van der Waals surface area contributed by atoms with Crippen LogP contribution in [0.3, 0.4) is 0 Å². The zero-order chi connectivity index (χ0) is 26.7. The molecule has 2 amide bonds. The van der Waals surface area contributed by atoms with Crippen molar-refractivity contribution in [1.82, 2.24) is 10.2 Å². The zero-order valence-corrected chi connectivity index (χ0v) is 23.8. The number of benzene rings is 3. The summed E-state index contributed by atoms with van der Waals surface area (Å²) < 4.78 is 0. The molecule has 0 saturated heterocycles. The molecule has 3 aromatic rings. The first kappa shape index (κ1) is 28.5. The lowest BCUT2D eigenvalue weighted by atomic mass is 10.0. The molecule has 4 nitrogen and oxygen atoms in total. The second-order valence-corrected chi connectivity index (χ2v) is 11.8. The van der Waals surface area contributed by atoms with Crippen molar-refractivity contribution >= 4 is 46.8 Å². The highest BCUT2D eigenvalue weighted by atomic mass is 35.5. The van der Waals surface area contributed by atoms with E-state index in [1.54, 1.807) is 16.7 Å². The van der Waals surface area contributed by atoms with Gasteiger partial charge in [0.1, 0.15) is 6.04 Å². The SMILES string of the molecule is O=C(NC1CCCC1)C(Cc1ccccc1)N(Cc1ccc(Cl)cc1)C(=O)CCCSc1ccc(Cl)cc1. The van der Waals surface area contributed by atoms with Crippen molar-refractivity contribution in [2.75, 3.05) is 5.75 Å². The van der Waals surface area contributed by atoms with E-state index in [0.29, 0.717) is 35.9 Å². The summed E-state index contributed by atoms with van der Waals surface area (Å²) in [6.45, 7) is 0.357. The van der Waals surface area contributed by atoms with Gasteiger partial charge in [-0.15, -0.1) is 11.8 Å². The monoisotopic (exact) mass is 568 g/mol. The molecule has 1 fully saturated rings. The summed E-state index contributed by atoms with van der Waals surface area (Å²) in [6, 6.07) is 24.8. The topological polar surface area (TPSA) is 49.4 Å². The van der Waals surface area contributed by atoms with E-state index in [4.69, 9.17) is 23.2 Å². The average molecular weight is 570 g/mol. The van der Waals surface area contributed by atoms with Crippen molar-refractivity contribution in [2.45, 2.75) is 68.5 Å². The minimum atomic E-state index is -0.593. The number of hydrogen-bond donors (Lipinski definition) is 1. The molecule has 0 aromatic heterocycles. The van der Waals surface area contributed by atoms with E-state index in [0.717, 1.165) is 47.5 Å². The molecule has 1 aliphatic carbocycles. The number of thioether (sulfide) groups is 1. The number of rotatable bonds is 12. The fraction of sp³-hybridized carbons (Fsp3) is 0.355. The van der Waals surface area contributed by atoms with Gasteiger partial charge in [0.15, 0.2) is 0 Å². The van der Waals surface area contributed by atoms with Gasteiger partial charge in [-0.2, -0.15) is 0 Å². The standard InChI is InChI=1S/C31H34Cl2N2O2S/c32-25-14-12-24(13-15-25)22-35(30(36)11-6-20-38-28-18-16-26(33)17-19-28)29(21-23-7-2-1-3-8-23)31(37)34-27-9-4-5-10-27/h1-3,7-8,12-19,27,29H,4-6,9-11,20-22H2,(H,34,37). The highest BCUT2D eigenvalue weighted by molar-refractivity contribution is 7.99. The first-order valence-electron chi connectivity index (χ1n) is 13.2. The molecule has 7 heteroatoms. The molecular weight excluding hydrogens is 535 g/mol. The summed E-state index contributed by atoms with van der Waals surface area (Å²) in [7, 11) is 0. The quantitative estimate of drug-likeness (QED) is 0.181. The predicted octanol–water partition coefficient (Wildman–Crippen LogP) is 7.56. The van der Waals surface area contributed by atoms with Crippen LogP contribution < -0.4 is 5.32 Å². The molecular formula is C31H34Cl2N2O2S. The lowest BCUT2D eigenvalue weighted by molar-refractivity contribution is -0.141. The Morgan fingerprint density at radius 1 is 0.868 bits per heavy atom. The van der Waals surface area contributed by atoms with Crippen LogP contribution in [0.2, 0.25) is 10.0 Å². The Bertz CT molecular complexity index is 1170. The van der Waals surface area contributed by atoms with E-state index in [-0.39, 0.29) is 17.9 Å². The van der Waals surface area contributed by atoms with Crippen molar-refractivity contribution < 1.29 is 9.59 Å². The van der Waals surface area contributed by atoms with Crippen LogP contribution in [0.25, 0.3) is 0 Å². The maximum atomic E-state index is 13.7. The van der Waals surface area contributed by atoms with Gasteiger partial charge >= 0.3 is 0 Å². The van der Waals surface area contributed by atoms with E-state index >= 15 is 0 Å². The van der Waals surface area contributed by atoms with Crippen LogP contribution in [0.5, 0.6) is 0 Å². The summed E-state index contributed by atoms with van der Waals surface area (Å²) in [6.07, 6.45) is 5.81. The minimum Gasteiger partial charge on any atom is -0.352 e. The summed E-state index contributed by atoms with van der Waals surface area (Å²) >= 11 is 13.8. The normalized spacial score (nSPS) is 14.3. The molecule has 38 heavy (non-hydrogen) atoms. The van der Waals surface area contributed by atoms with Crippen molar-refractivity contribution in [1.29, 1.82) is 0 Å². The Morgan fingerprint density at radius 3 is 2.16 bits per heavy atom. The Morgan fingerprint density at radius 2 is 1.50 bits per heavy atom. The molecule has 0 bridgehead atoms. The van der Waals surface area contributed by atoms with Crippen LogP contribution in [0.1, 0.15) is 49.7 Å². The van der Waals surface area contributed by atoms with E-state index in [9.17, 15) is 9.59 Å². The summed E-state index contributed by atoms with van der Waals surface area (Å²) in [4.78, 5) is 30.3. The first-order valence-corrected chi connectivity index (χ1v) is 15.0. The van der Waals surface area contributed by atoms with Gasteiger partial charge in [-0.1, -0.05) is 78.5 Å². The van der Waals surface area contributed by atoms with E-state index in [1.807, 2.05) is 78.9 Å². The Labute approximate surface area is 240 Å². The van der Waals surface area contributed by atoms with Gasteiger partial charge in [-0.3, -0.25) is 9.59 Å². The number of carbonyl (C=O) groups excluding carboxylic acids is 2. The molecule has 0 heterocycles. The maximum absolute atomic E-state index is 13.7. The molecule has 200 valence electrons. The first-order chi connectivity index (χ1) is 18.5. The van der Waals surface area contributed by atoms with Gasteiger partial charge in [-0.25, -0.2) is 0 Å². The lowest BCUT2D eigenvalue weighted by Crippen LogP contribution is -2.52. The van der Waals surface area contributed by atoms with Gasteiger partial charge in [0, 0.05) is 40.4 Å². The van der Waals surface area contributed by atoms with Crippen LogP contribution in [0.15, 0.2) is 83.8 Å². The van der Waals surface area contributed by atoms with Gasteiger partial charge in [-0.05, 0) is 72.5 Å². The second kappa shape index (κ2) is 14.6. The number of halogens is 2. The van der Waals surface area contributed by atoms with Gasteiger partial charge in [0.25, 0.3) is 0 Å². The number of carbonyl (C=O) groups is 2. The van der Waals surface area contributed by atoms with Crippen molar-refractivity contribution in [3.05, 3.63) is 100 Å². The van der Waals surface area contributed by atoms with Gasteiger partial charge in [0.05, 0.1) is 0 Å². The smallest absolute Gasteiger partial charge is 0.243 e. The molecule has 4 rings (SSSR count). The molecule has 0 spiro atoms. The molecule has 0 aliphatic heterocycles. The Balaban J connectivity index is 1.50. The van der Waals surface area contributed by atoms with Crippen LogP contribution >= 0.6 is 35.0 Å². The number of amides is 2. The fourth-order valence-corrected chi connectivity index (χ4v) is 5.90. The second-order valence-electron chi connectivity index (χ2n) is 9.75. The molecule has 1 aliphatic rings. The zero-order valence-electron chi connectivity index (χ0n) is 21.5. The lowest BCUT2D eigenvalue weighted by Gasteiger charge is -2.32. The van der Waals surface area contributed by atoms with Crippen LogP contribution in [-0.2, 0) is 22.6 Å².